The van der Waals surface area contributed by atoms with Crippen molar-refractivity contribution in [3.63, 3.8) is 0 Å². The Bertz CT molecular complexity index is 515. The number of aromatic nitrogens is 2. The number of hydrogen-bond donors (Lipinski definition) is 3. The van der Waals surface area contributed by atoms with Gasteiger partial charge in [-0.05, 0) is 12.0 Å². The second kappa shape index (κ2) is 6.36. The number of rotatable bonds is 5. The molecule has 5 nitrogen and oxygen atoms in total. The smallest absolute Gasteiger partial charge is 0.223 e. The molecular weight excluding hydrogens is 264 g/mol. The summed E-state index contributed by atoms with van der Waals surface area (Å²) >= 11 is 5.80. The van der Waals surface area contributed by atoms with Gasteiger partial charge < -0.3 is 16.2 Å². The summed E-state index contributed by atoms with van der Waals surface area (Å²) in [6.07, 6.45) is 0.679. The van der Waals surface area contributed by atoms with Gasteiger partial charge in [0.05, 0.1) is 12.6 Å². The predicted octanol–water partition coefficient (Wildman–Crippen LogP) is 1.73. The van der Waals surface area contributed by atoms with Crippen molar-refractivity contribution in [3.05, 3.63) is 47.1 Å². The zero-order chi connectivity index (χ0) is 13.7. The summed E-state index contributed by atoms with van der Waals surface area (Å²) < 4.78 is 0. The third kappa shape index (κ3) is 4.08. The van der Waals surface area contributed by atoms with Crippen molar-refractivity contribution in [2.45, 2.75) is 12.5 Å². The van der Waals surface area contributed by atoms with Crippen molar-refractivity contribution in [1.29, 1.82) is 0 Å². The lowest BCUT2D eigenvalue weighted by Gasteiger charge is -2.17. The summed E-state index contributed by atoms with van der Waals surface area (Å²) in [4.78, 5) is 7.80. The van der Waals surface area contributed by atoms with Crippen LogP contribution in [0.25, 0.3) is 0 Å². The fourth-order valence-corrected chi connectivity index (χ4v) is 1.97. The molecule has 2 aromatic rings. The van der Waals surface area contributed by atoms with Gasteiger partial charge in [0, 0.05) is 6.07 Å². The molecule has 0 aliphatic rings. The Morgan fingerprint density at radius 3 is 2.63 bits per heavy atom. The molecule has 0 saturated heterocycles. The van der Waals surface area contributed by atoms with Crippen LogP contribution in [0.15, 0.2) is 36.4 Å². The van der Waals surface area contributed by atoms with Crippen LogP contribution in [0.4, 0.5) is 11.8 Å². The second-order valence-electron chi connectivity index (χ2n) is 4.15. The number of anilines is 2. The standard InChI is InChI=1S/C13H15ClN4O/c14-11-7-12(18-13(15)17-11)16-10(8-19)6-9-4-2-1-3-5-9/h1-5,7,10,19H,6,8H2,(H3,15,16,17,18). The number of nitrogen functional groups attached to an aromatic ring is 1. The molecule has 1 atom stereocenters. The number of hydrogen-bond acceptors (Lipinski definition) is 5. The average Bonchev–Trinajstić information content (AvgIpc) is 2.38. The molecule has 6 heteroatoms. The number of halogens is 1. The highest BCUT2D eigenvalue weighted by Crippen LogP contribution is 2.14. The molecule has 0 bridgehead atoms. The minimum absolute atomic E-state index is 0.0174. The highest BCUT2D eigenvalue weighted by Gasteiger charge is 2.10. The summed E-state index contributed by atoms with van der Waals surface area (Å²) in [6.45, 7) is -0.0174. The Morgan fingerprint density at radius 2 is 2.00 bits per heavy atom. The number of benzene rings is 1. The zero-order valence-electron chi connectivity index (χ0n) is 10.3. The van der Waals surface area contributed by atoms with Crippen LogP contribution in [-0.2, 0) is 6.42 Å². The molecule has 100 valence electrons. The highest BCUT2D eigenvalue weighted by atomic mass is 35.5. The van der Waals surface area contributed by atoms with Crippen molar-refractivity contribution in [1.82, 2.24) is 9.97 Å². The minimum atomic E-state index is -0.159. The fourth-order valence-electron chi connectivity index (χ4n) is 1.78. The molecular formula is C13H15ClN4O. The Hall–Kier alpha value is -1.85. The normalized spacial score (nSPS) is 12.1. The Morgan fingerprint density at radius 1 is 1.26 bits per heavy atom. The average molecular weight is 279 g/mol. The van der Waals surface area contributed by atoms with Crippen molar-refractivity contribution in [2.24, 2.45) is 0 Å². The van der Waals surface area contributed by atoms with Crippen LogP contribution in [0.5, 0.6) is 0 Å². The van der Waals surface area contributed by atoms with Crippen LogP contribution in [0.1, 0.15) is 5.56 Å². The van der Waals surface area contributed by atoms with Gasteiger partial charge in [0.1, 0.15) is 11.0 Å². The molecule has 0 saturated carbocycles. The molecule has 0 aliphatic carbocycles. The fraction of sp³-hybridized carbons (Fsp3) is 0.231. The lowest BCUT2D eigenvalue weighted by molar-refractivity contribution is 0.273. The molecule has 0 amide bonds. The van der Waals surface area contributed by atoms with E-state index in [9.17, 15) is 5.11 Å². The molecule has 1 aromatic heterocycles. The van der Waals surface area contributed by atoms with E-state index in [1.807, 2.05) is 30.3 Å². The van der Waals surface area contributed by atoms with Gasteiger partial charge >= 0.3 is 0 Å². The zero-order valence-corrected chi connectivity index (χ0v) is 11.0. The van der Waals surface area contributed by atoms with Gasteiger partial charge in [0.2, 0.25) is 5.95 Å². The van der Waals surface area contributed by atoms with Gasteiger partial charge in [-0.1, -0.05) is 41.9 Å². The van der Waals surface area contributed by atoms with Crippen LogP contribution in [0.2, 0.25) is 5.15 Å². The minimum Gasteiger partial charge on any atom is -0.394 e. The van der Waals surface area contributed by atoms with E-state index in [-0.39, 0.29) is 23.8 Å². The van der Waals surface area contributed by atoms with Crippen LogP contribution in [-0.4, -0.2) is 27.7 Å². The largest absolute Gasteiger partial charge is 0.394 e. The molecule has 0 radical (unpaired) electrons. The summed E-state index contributed by atoms with van der Waals surface area (Å²) in [6, 6.07) is 11.3. The van der Waals surface area contributed by atoms with E-state index in [2.05, 4.69) is 15.3 Å². The first-order chi connectivity index (χ1) is 9.17. The highest BCUT2D eigenvalue weighted by molar-refractivity contribution is 6.29. The third-order valence-electron chi connectivity index (χ3n) is 2.61. The van der Waals surface area contributed by atoms with Crippen molar-refractivity contribution >= 4 is 23.4 Å². The van der Waals surface area contributed by atoms with Crippen molar-refractivity contribution in [3.8, 4) is 0 Å². The predicted molar refractivity (Wildman–Crippen MR) is 76.1 cm³/mol. The molecule has 0 aliphatic heterocycles. The first-order valence-electron chi connectivity index (χ1n) is 5.89. The summed E-state index contributed by atoms with van der Waals surface area (Å²) in [5.74, 6) is 0.610. The van der Waals surface area contributed by atoms with Gasteiger partial charge in [0.15, 0.2) is 0 Å². The molecule has 1 aromatic carbocycles. The molecule has 2 rings (SSSR count). The summed E-state index contributed by atoms with van der Waals surface area (Å²) in [5, 5.41) is 12.8. The number of aliphatic hydroxyl groups is 1. The van der Waals surface area contributed by atoms with Gasteiger partial charge in [-0.25, -0.2) is 4.98 Å². The van der Waals surface area contributed by atoms with Crippen molar-refractivity contribution < 1.29 is 5.11 Å². The maximum absolute atomic E-state index is 9.42. The van der Waals surface area contributed by atoms with E-state index >= 15 is 0 Å². The van der Waals surface area contributed by atoms with E-state index in [1.54, 1.807) is 6.07 Å². The van der Waals surface area contributed by atoms with Gasteiger partial charge in [-0.2, -0.15) is 4.98 Å². The van der Waals surface area contributed by atoms with Crippen LogP contribution < -0.4 is 11.1 Å². The summed E-state index contributed by atoms with van der Waals surface area (Å²) in [7, 11) is 0. The SMILES string of the molecule is Nc1nc(Cl)cc(NC(CO)Cc2ccccc2)n1. The first-order valence-corrected chi connectivity index (χ1v) is 6.26. The van der Waals surface area contributed by atoms with Gasteiger partial charge in [0.25, 0.3) is 0 Å². The maximum Gasteiger partial charge on any atom is 0.223 e. The van der Waals surface area contributed by atoms with Crippen LogP contribution in [0.3, 0.4) is 0 Å². The second-order valence-corrected chi connectivity index (χ2v) is 4.53. The Balaban J connectivity index is 2.06. The third-order valence-corrected chi connectivity index (χ3v) is 2.80. The molecule has 1 unspecified atom stereocenters. The number of nitrogens with two attached hydrogens (primary N) is 1. The molecule has 0 fully saturated rings. The molecule has 0 spiro atoms. The lowest BCUT2D eigenvalue weighted by atomic mass is 10.1. The van der Waals surface area contributed by atoms with E-state index in [0.29, 0.717) is 12.2 Å². The monoisotopic (exact) mass is 278 g/mol. The topological polar surface area (TPSA) is 84.1 Å². The van der Waals surface area contributed by atoms with Gasteiger partial charge in [-0.3, -0.25) is 0 Å². The molecule has 4 N–H and O–H groups in total. The van der Waals surface area contributed by atoms with E-state index < -0.39 is 0 Å². The molecule has 1 heterocycles. The number of nitrogens with zero attached hydrogens (tertiary/aromatic N) is 2. The van der Waals surface area contributed by atoms with Crippen molar-refractivity contribution in [2.75, 3.05) is 17.7 Å². The van der Waals surface area contributed by atoms with Gasteiger partial charge in [-0.15, -0.1) is 0 Å². The van der Waals surface area contributed by atoms with Crippen LogP contribution in [0, 0.1) is 0 Å². The quantitative estimate of drug-likeness (QED) is 0.726. The Labute approximate surface area is 116 Å². The van der Waals surface area contributed by atoms with E-state index in [1.165, 1.54) is 0 Å². The lowest BCUT2D eigenvalue weighted by Crippen LogP contribution is -2.27. The first kappa shape index (κ1) is 13.6. The number of nitrogens with one attached hydrogen (secondary N) is 1. The summed E-state index contributed by atoms with van der Waals surface area (Å²) in [5.41, 5.74) is 6.65. The Kier molecular flexibility index (Phi) is 4.54. The van der Waals surface area contributed by atoms with E-state index in [4.69, 9.17) is 17.3 Å². The van der Waals surface area contributed by atoms with E-state index in [0.717, 1.165) is 5.56 Å². The van der Waals surface area contributed by atoms with Crippen LogP contribution >= 0.6 is 11.6 Å². The number of aliphatic hydroxyl groups excluding tert-OH is 1. The maximum atomic E-state index is 9.42. The molecule has 19 heavy (non-hydrogen) atoms.